The zero-order chi connectivity index (χ0) is 10.5. The Morgan fingerprint density at radius 3 is 2.71 bits per heavy atom. The summed E-state index contributed by atoms with van der Waals surface area (Å²) in [7, 11) is -3.68. The number of hydrogen-bond acceptors (Lipinski definition) is 4. The summed E-state index contributed by atoms with van der Waals surface area (Å²) in [4.78, 5) is 1.72. The van der Waals surface area contributed by atoms with Crippen LogP contribution in [-0.4, -0.2) is 18.0 Å². The molecule has 2 aromatic rings. The molecule has 0 saturated carbocycles. The lowest BCUT2D eigenvalue weighted by atomic mass is 10.5. The number of aryl methyl sites for hydroxylation is 2. The Hall–Kier alpha value is -0.920. The van der Waals surface area contributed by atoms with Gasteiger partial charge in [0.05, 0.1) is 5.69 Å². The van der Waals surface area contributed by atoms with Crippen molar-refractivity contribution >= 4 is 26.2 Å². The molecular weight excluding hydrogens is 222 g/mol. The largest absolute Gasteiger partial charge is 0.242 e. The molecule has 0 spiro atoms. The van der Waals surface area contributed by atoms with E-state index in [0.29, 0.717) is 10.5 Å². The van der Waals surface area contributed by atoms with Crippen LogP contribution in [0.4, 0.5) is 0 Å². The van der Waals surface area contributed by atoms with Gasteiger partial charge in [-0.05, 0) is 13.8 Å². The number of thiazole rings is 1. The maximum Gasteiger partial charge on any atom is 0.242 e. The summed E-state index contributed by atoms with van der Waals surface area (Å²) < 4.78 is 24.1. The second-order valence-electron chi connectivity index (χ2n) is 3.05. The first-order valence-corrected chi connectivity index (χ1v) is 6.24. The minimum atomic E-state index is -3.68. The van der Waals surface area contributed by atoms with Crippen LogP contribution in [0.15, 0.2) is 11.1 Å². The van der Waals surface area contributed by atoms with Crippen LogP contribution in [0.25, 0.3) is 4.83 Å². The predicted octanol–water partition coefficient (Wildman–Crippen LogP) is 0.660. The molecule has 0 bridgehead atoms. The van der Waals surface area contributed by atoms with Crippen molar-refractivity contribution in [3.8, 4) is 0 Å². The van der Waals surface area contributed by atoms with Crippen LogP contribution in [0.5, 0.6) is 0 Å². The van der Waals surface area contributed by atoms with Gasteiger partial charge in [0.2, 0.25) is 10.0 Å². The number of nitrogens with zero attached hydrogens (tertiary/aromatic N) is 2. The highest BCUT2D eigenvalue weighted by atomic mass is 32.2. The minimum Gasteiger partial charge on any atom is -0.228 e. The molecule has 76 valence electrons. The van der Waals surface area contributed by atoms with Gasteiger partial charge in [0.15, 0.2) is 0 Å². The molecule has 0 fully saturated rings. The summed E-state index contributed by atoms with van der Waals surface area (Å²) in [5.41, 5.74) is 0.443. The average Bonchev–Trinajstić information content (AvgIpc) is 2.38. The smallest absolute Gasteiger partial charge is 0.228 e. The third-order valence-corrected chi connectivity index (χ3v) is 4.03. The molecule has 2 rings (SSSR count). The Morgan fingerprint density at radius 2 is 2.14 bits per heavy atom. The molecule has 5 nitrogen and oxygen atoms in total. The van der Waals surface area contributed by atoms with Crippen LogP contribution < -0.4 is 5.14 Å². The number of sulfonamides is 1. The first-order valence-electron chi connectivity index (χ1n) is 3.88. The van der Waals surface area contributed by atoms with E-state index in [-0.39, 0.29) is 4.90 Å². The highest BCUT2D eigenvalue weighted by molar-refractivity contribution is 7.89. The van der Waals surface area contributed by atoms with Crippen molar-refractivity contribution in [1.29, 1.82) is 0 Å². The normalized spacial score (nSPS) is 12.5. The molecule has 2 aromatic heterocycles. The van der Waals surface area contributed by atoms with E-state index in [1.165, 1.54) is 11.3 Å². The molecule has 0 amide bonds. The van der Waals surface area contributed by atoms with Gasteiger partial charge in [0.1, 0.15) is 9.73 Å². The molecule has 0 aliphatic carbocycles. The highest BCUT2D eigenvalue weighted by Crippen LogP contribution is 2.26. The van der Waals surface area contributed by atoms with E-state index in [2.05, 4.69) is 5.10 Å². The molecule has 14 heavy (non-hydrogen) atoms. The predicted molar refractivity (Wildman–Crippen MR) is 53.9 cm³/mol. The number of rotatable bonds is 1. The van der Waals surface area contributed by atoms with Crippen LogP contribution in [0.1, 0.15) is 10.6 Å². The average molecular weight is 231 g/mol. The molecule has 2 heterocycles. The fraction of sp³-hybridized carbons (Fsp3) is 0.286. The van der Waals surface area contributed by atoms with E-state index in [4.69, 9.17) is 5.14 Å². The fourth-order valence-corrected chi connectivity index (χ4v) is 3.52. The molecule has 0 aliphatic rings. The lowest BCUT2D eigenvalue weighted by Gasteiger charge is -1.92. The van der Waals surface area contributed by atoms with Gasteiger partial charge in [-0.25, -0.2) is 18.1 Å². The Labute approximate surface area is 85.2 Å². The van der Waals surface area contributed by atoms with Crippen molar-refractivity contribution in [2.24, 2.45) is 5.14 Å². The summed E-state index contributed by atoms with van der Waals surface area (Å²) >= 11 is 1.37. The number of hydrogen-bond donors (Lipinski definition) is 1. The van der Waals surface area contributed by atoms with Crippen LogP contribution in [0, 0.1) is 13.8 Å². The van der Waals surface area contributed by atoms with Crippen molar-refractivity contribution < 1.29 is 8.42 Å². The molecule has 0 saturated heterocycles. The van der Waals surface area contributed by atoms with E-state index >= 15 is 0 Å². The van der Waals surface area contributed by atoms with Crippen molar-refractivity contribution in [3.63, 3.8) is 0 Å². The number of fused-ring (bicyclic) bond motifs is 1. The summed E-state index contributed by atoms with van der Waals surface area (Å²) in [5.74, 6) is 0. The Bertz CT molecular complexity index is 594. The van der Waals surface area contributed by atoms with Gasteiger partial charge in [-0.2, -0.15) is 5.10 Å². The van der Waals surface area contributed by atoms with E-state index in [1.807, 2.05) is 6.92 Å². The van der Waals surface area contributed by atoms with E-state index in [0.717, 1.165) is 4.88 Å². The molecule has 0 aromatic carbocycles. The zero-order valence-electron chi connectivity index (χ0n) is 7.68. The van der Waals surface area contributed by atoms with Gasteiger partial charge in [-0.1, -0.05) is 0 Å². The molecule has 0 unspecified atom stereocenters. The maximum atomic E-state index is 11.3. The van der Waals surface area contributed by atoms with Crippen LogP contribution in [0.3, 0.4) is 0 Å². The van der Waals surface area contributed by atoms with E-state index in [1.54, 1.807) is 17.6 Å². The number of primary sulfonamides is 1. The third-order valence-electron chi connectivity index (χ3n) is 1.83. The van der Waals surface area contributed by atoms with Crippen LogP contribution >= 0.6 is 11.3 Å². The summed E-state index contributed by atoms with van der Waals surface area (Å²) in [6, 6.07) is 0. The summed E-state index contributed by atoms with van der Waals surface area (Å²) in [6.07, 6.45) is 1.78. The van der Waals surface area contributed by atoms with Crippen molar-refractivity contribution in [1.82, 2.24) is 9.61 Å². The Balaban J connectivity index is 2.92. The minimum absolute atomic E-state index is 0.135. The molecule has 2 N–H and O–H groups in total. The van der Waals surface area contributed by atoms with Gasteiger partial charge in [0, 0.05) is 11.1 Å². The molecule has 7 heteroatoms. The molecule has 0 aliphatic heterocycles. The molecular formula is C7H9N3O2S2. The SMILES string of the molecule is Cc1cn2nc(C)c(S(N)(=O)=O)c2s1. The van der Waals surface area contributed by atoms with Crippen LogP contribution in [-0.2, 0) is 10.0 Å². The van der Waals surface area contributed by atoms with Gasteiger partial charge in [-0.15, -0.1) is 11.3 Å². The standard InChI is InChI=1S/C7H9N3O2S2/c1-4-3-10-7(13-4)6(5(2)9-10)14(8,11)12/h3H,1-2H3,(H2,8,11,12). The van der Waals surface area contributed by atoms with Gasteiger partial charge in [-0.3, -0.25) is 0 Å². The summed E-state index contributed by atoms with van der Waals surface area (Å²) in [5, 5.41) is 9.17. The number of nitrogens with two attached hydrogens (primary N) is 1. The summed E-state index contributed by atoms with van der Waals surface area (Å²) in [6.45, 7) is 3.52. The van der Waals surface area contributed by atoms with Crippen molar-refractivity contribution in [2.45, 2.75) is 18.7 Å². The molecule has 0 radical (unpaired) electrons. The monoisotopic (exact) mass is 231 g/mol. The van der Waals surface area contributed by atoms with Gasteiger partial charge >= 0.3 is 0 Å². The van der Waals surface area contributed by atoms with Gasteiger partial charge < -0.3 is 0 Å². The van der Waals surface area contributed by atoms with Crippen molar-refractivity contribution in [3.05, 3.63) is 16.8 Å². The van der Waals surface area contributed by atoms with Crippen LogP contribution in [0.2, 0.25) is 0 Å². The molecule has 0 atom stereocenters. The maximum absolute atomic E-state index is 11.3. The first-order chi connectivity index (χ1) is 6.39. The second kappa shape index (κ2) is 2.78. The second-order valence-corrected chi connectivity index (χ2v) is 5.78. The Kier molecular flexibility index (Phi) is 1.91. The lowest BCUT2D eigenvalue weighted by Crippen LogP contribution is -2.12. The highest BCUT2D eigenvalue weighted by Gasteiger charge is 2.20. The number of aromatic nitrogens is 2. The van der Waals surface area contributed by atoms with E-state index in [9.17, 15) is 8.42 Å². The quantitative estimate of drug-likeness (QED) is 0.783. The van der Waals surface area contributed by atoms with Gasteiger partial charge in [0.25, 0.3) is 0 Å². The third kappa shape index (κ3) is 1.33. The van der Waals surface area contributed by atoms with Crippen molar-refractivity contribution in [2.75, 3.05) is 0 Å². The fourth-order valence-electron chi connectivity index (χ4n) is 1.37. The first kappa shape index (κ1) is 9.63. The zero-order valence-corrected chi connectivity index (χ0v) is 9.32. The van der Waals surface area contributed by atoms with E-state index < -0.39 is 10.0 Å². The lowest BCUT2D eigenvalue weighted by molar-refractivity contribution is 0.598. The Morgan fingerprint density at radius 1 is 1.50 bits per heavy atom. The topological polar surface area (TPSA) is 77.5 Å².